The molecule has 0 spiro atoms. The molecule has 5 heteroatoms. The molecule has 0 unspecified atom stereocenters. The number of rotatable bonds is 6. The Bertz CT molecular complexity index is 868. The molecule has 0 fully saturated rings. The number of para-hydroxylation sites is 2. The van der Waals surface area contributed by atoms with Gasteiger partial charge in [-0.15, -0.1) is 0 Å². The van der Waals surface area contributed by atoms with E-state index < -0.39 is 0 Å². The fraction of sp³-hybridized carbons (Fsp3) is 0.263. The number of aromatic nitrogens is 2. The van der Waals surface area contributed by atoms with Crippen LogP contribution < -0.4 is 9.47 Å². The van der Waals surface area contributed by atoms with E-state index in [1.165, 1.54) is 0 Å². The topological polar surface area (TPSA) is 48.6 Å². The molecule has 1 heterocycles. The van der Waals surface area contributed by atoms with Crippen LogP contribution in [0.25, 0.3) is 11.0 Å². The Kier molecular flexibility index (Phi) is 4.79. The number of fused-ring (bicyclic) bond motifs is 1. The van der Waals surface area contributed by atoms with Crippen molar-refractivity contribution >= 4 is 23.2 Å². The molecule has 0 aliphatic rings. The fourth-order valence-corrected chi connectivity index (χ4v) is 2.67. The van der Waals surface area contributed by atoms with Crippen LogP contribution in [0.4, 0.5) is 5.95 Å². The monoisotopic (exact) mass is 323 g/mol. The van der Waals surface area contributed by atoms with Gasteiger partial charge in [0.25, 0.3) is 0 Å². The minimum Gasteiger partial charge on any atom is -0.493 e. The Morgan fingerprint density at radius 2 is 1.88 bits per heavy atom. The van der Waals surface area contributed by atoms with Crippen molar-refractivity contribution in [2.75, 3.05) is 14.2 Å². The van der Waals surface area contributed by atoms with E-state index in [0.29, 0.717) is 17.4 Å². The molecule has 5 nitrogen and oxygen atoms in total. The van der Waals surface area contributed by atoms with Crippen LogP contribution in [0.1, 0.15) is 18.9 Å². The van der Waals surface area contributed by atoms with E-state index in [1.54, 1.807) is 20.4 Å². The van der Waals surface area contributed by atoms with Crippen LogP contribution in [0.2, 0.25) is 0 Å². The van der Waals surface area contributed by atoms with Gasteiger partial charge in [-0.05, 0) is 42.3 Å². The predicted octanol–water partition coefficient (Wildman–Crippen LogP) is 4.21. The van der Waals surface area contributed by atoms with Crippen molar-refractivity contribution < 1.29 is 9.47 Å². The van der Waals surface area contributed by atoms with Gasteiger partial charge in [-0.2, -0.15) is 0 Å². The molecule has 0 aliphatic heterocycles. The molecule has 0 amide bonds. The van der Waals surface area contributed by atoms with Gasteiger partial charge in [0.15, 0.2) is 11.5 Å². The maximum Gasteiger partial charge on any atom is 0.230 e. The first-order valence-electron chi connectivity index (χ1n) is 7.98. The molecular formula is C19H21N3O2. The molecule has 0 saturated carbocycles. The highest BCUT2D eigenvalue weighted by atomic mass is 16.5. The molecule has 24 heavy (non-hydrogen) atoms. The third-order valence-corrected chi connectivity index (χ3v) is 3.82. The molecule has 124 valence electrons. The van der Waals surface area contributed by atoms with Crippen molar-refractivity contribution in [3.05, 3.63) is 48.0 Å². The minimum absolute atomic E-state index is 0.684. The largest absolute Gasteiger partial charge is 0.493 e. The zero-order valence-corrected chi connectivity index (χ0v) is 14.2. The number of imidazole rings is 1. The second-order valence-corrected chi connectivity index (χ2v) is 5.42. The van der Waals surface area contributed by atoms with Gasteiger partial charge in [0.1, 0.15) is 0 Å². The molecule has 0 atom stereocenters. The van der Waals surface area contributed by atoms with Crippen LogP contribution in [0.3, 0.4) is 0 Å². The van der Waals surface area contributed by atoms with Crippen LogP contribution >= 0.6 is 0 Å². The number of aliphatic imine (C=N–C) groups is 1. The van der Waals surface area contributed by atoms with Crippen LogP contribution in [0, 0.1) is 0 Å². The summed E-state index contributed by atoms with van der Waals surface area (Å²) in [7, 11) is 3.25. The molecule has 1 aromatic heterocycles. The van der Waals surface area contributed by atoms with Crippen LogP contribution in [0.15, 0.2) is 47.5 Å². The lowest BCUT2D eigenvalue weighted by Gasteiger charge is -2.07. The summed E-state index contributed by atoms with van der Waals surface area (Å²) in [6.45, 7) is 3.04. The summed E-state index contributed by atoms with van der Waals surface area (Å²) < 4.78 is 12.7. The lowest BCUT2D eigenvalue weighted by atomic mass is 10.2. The molecule has 0 bridgehead atoms. The number of nitrogens with zero attached hydrogens (tertiary/aromatic N) is 3. The highest BCUT2D eigenvalue weighted by Gasteiger charge is 2.08. The lowest BCUT2D eigenvalue weighted by Crippen LogP contribution is -1.96. The smallest absolute Gasteiger partial charge is 0.230 e. The molecule has 0 radical (unpaired) electrons. The van der Waals surface area contributed by atoms with Gasteiger partial charge in [0.05, 0.1) is 25.3 Å². The highest BCUT2D eigenvalue weighted by Crippen LogP contribution is 2.27. The summed E-state index contributed by atoms with van der Waals surface area (Å²) in [5.41, 5.74) is 3.01. The summed E-state index contributed by atoms with van der Waals surface area (Å²) in [4.78, 5) is 9.23. The minimum atomic E-state index is 0.684. The van der Waals surface area contributed by atoms with Gasteiger partial charge in [0.2, 0.25) is 5.95 Å². The third-order valence-electron chi connectivity index (χ3n) is 3.82. The van der Waals surface area contributed by atoms with E-state index in [-0.39, 0.29) is 0 Å². The molecule has 3 rings (SSSR count). The molecule has 0 saturated heterocycles. The van der Waals surface area contributed by atoms with E-state index >= 15 is 0 Å². The zero-order valence-electron chi connectivity index (χ0n) is 14.2. The van der Waals surface area contributed by atoms with Gasteiger partial charge >= 0.3 is 0 Å². The van der Waals surface area contributed by atoms with Crippen molar-refractivity contribution in [1.29, 1.82) is 0 Å². The first-order valence-corrected chi connectivity index (χ1v) is 7.98. The van der Waals surface area contributed by atoms with Crippen LogP contribution in [0.5, 0.6) is 11.5 Å². The van der Waals surface area contributed by atoms with E-state index in [2.05, 4.69) is 27.5 Å². The van der Waals surface area contributed by atoms with Gasteiger partial charge in [-0.3, -0.25) is 0 Å². The van der Waals surface area contributed by atoms with Gasteiger partial charge in [0, 0.05) is 12.8 Å². The Morgan fingerprint density at radius 1 is 1.08 bits per heavy atom. The summed E-state index contributed by atoms with van der Waals surface area (Å²) in [5, 5.41) is 0. The number of benzene rings is 2. The number of aryl methyl sites for hydroxylation is 1. The van der Waals surface area contributed by atoms with E-state index in [4.69, 9.17) is 9.47 Å². The van der Waals surface area contributed by atoms with E-state index in [0.717, 1.165) is 29.6 Å². The Balaban J connectivity index is 1.97. The highest BCUT2D eigenvalue weighted by molar-refractivity contribution is 5.84. The molecule has 3 aromatic rings. The van der Waals surface area contributed by atoms with Gasteiger partial charge < -0.3 is 14.0 Å². The predicted molar refractivity (Wildman–Crippen MR) is 96.8 cm³/mol. The maximum absolute atomic E-state index is 5.33. The van der Waals surface area contributed by atoms with Crippen molar-refractivity contribution in [1.82, 2.24) is 9.55 Å². The summed E-state index contributed by atoms with van der Waals surface area (Å²) in [6, 6.07) is 13.8. The molecule has 2 aromatic carbocycles. The van der Waals surface area contributed by atoms with Crippen molar-refractivity contribution in [2.45, 2.75) is 19.9 Å². The van der Waals surface area contributed by atoms with E-state index in [1.807, 2.05) is 36.4 Å². The molecule has 0 N–H and O–H groups in total. The lowest BCUT2D eigenvalue weighted by molar-refractivity contribution is 0.355. The average Bonchev–Trinajstić information content (AvgIpc) is 2.98. The number of ether oxygens (including phenoxy) is 2. The second-order valence-electron chi connectivity index (χ2n) is 5.42. The second kappa shape index (κ2) is 7.17. The normalized spacial score (nSPS) is 11.3. The zero-order chi connectivity index (χ0) is 16.9. The van der Waals surface area contributed by atoms with Crippen LogP contribution in [-0.2, 0) is 6.54 Å². The Labute approximate surface area is 141 Å². The summed E-state index contributed by atoms with van der Waals surface area (Å²) in [5.74, 6) is 2.10. The fourth-order valence-electron chi connectivity index (χ4n) is 2.67. The summed E-state index contributed by atoms with van der Waals surface area (Å²) >= 11 is 0. The Morgan fingerprint density at radius 3 is 2.62 bits per heavy atom. The molecular weight excluding hydrogens is 302 g/mol. The van der Waals surface area contributed by atoms with Crippen molar-refractivity contribution in [3.8, 4) is 11.5 Å². The quantitative estimate of drug-likeness (QED) is 0.638. The summed E-state index contributed by atoms with van der Waals surface area (Å²) in [6.07, 6.45) is 2.83. The van der Waals surface area contributed by atoms with Crippen molar-refractivity contribution in [3.63, 3.8) is 0 Å². The molecule has 0 aliphatic carbocycles. The van der Waals surface area contributed by atoms with Gasteiger partial charge in [-0.1, -0.05) is 19.1 Å². The Hall–Kier alpha value is -2.82. The van der Waals surface area contributed by atoms with Crippen molar-refractivity contribution in [2.24, 2.45) is 4.99 Å². The number of hydrogen-bond acceptors (Lipinski definition) is 4. The average molecular weight is 323 g/mol. The SMILES string of the molecule is CCCn1c(N=Cc2ccc(OC)c(OC)c2)nc2ccccc21. The first kappa shape index (κ1) is 16.1. The van der Waals surface area contributed by atoms with E-state index in [9.17, 15) is 0 Å². The first-order chi connectivity index (χ1) is 11.8. The van der Waals surface area contributed by atoms with Crippen LogP contribution in [-0.4, -0.2) is 30.0 Å². The third kappa shape index (κ3) is 3.11. The number of hydrogen-bond donors (Lipinski definition) is 0. The number of methoxy groups -OCH3 is 2. The maximum atomic E-state index is 5.33. The van der Waals surface area contributed by atoms with Gasteiger partial charge in [-0.25, -0.2) is 9.98 Å². The standard InChI is InChI=1S/C19H21N3O2/c1-4-11-22-16-8-6-5-7-15(16)21-19(22)20-13-14-9-10-17(23-2)18(12-14)24-3/h5-10,12-13H,4,11H2,1-3H3.